The number of rotatable bonds is 6. The average molecular weight is 350 g/mol. The van der Waals surface area contributed by atoms with Crippen molar-refractivity contribution in [2.24, 2.45) is 5.92 Å². The van der Waals surface area contributed by atoms with Crippen LogP contribution >= 0.6 is 11.6 Å². The Labute approximate surface area is 133 Å². The molecule has 0 aromatic heterocycles. The maximum absolute atomic E-state index is 14.4. The van der Waals surface area contributed by atoms with E-state index in [9.17, 15) is 17.6 Å². The van der Waals surface area contributed by atoms with Crippen LogP contribution in [0.3, 0.4) is 0 Å². The van der Waals surface area contributed by atoms with E-state index in [2.05, 4.69) is 4.72 Å². The Balaban J connectivity index is 1.94. The van der Waals surface area contributed by atoms with Gasteiger partial charge in [0.25, 0.3) is 0 Å². The lowest BCUT2D eigenvalue weighted by Crippen LogP contribution is -2.38. The number of hydrogen-bond donors (Lipinski definition) is 2. The molecule has 1 saturated carbocycles. The number of benzene rings is 1. The smallest absolute Gasteiger partial charge is 0.306 e. The summed E-state index contributed by atoms with van der Waals surface area (Å²) in [6.07, 6.45) is 0.105. The molecule has 2 atom stereocenters. The SMILES string of the molecule is O=C(O)[C@@H]1CC[C@](F)(CNS(=O)(=O)Cc2cccc(Cl)c2)C1. The van der Waals surface area contributed by atoms with Crippen LogP contribution in [-0.2, 0) is 20.6 Å². The van der Waals surface area contributed by atoms with Crippen molar-refractivity contribution in [2.75, 3.05) is 6.54 Å². The average Bonchev–Trinajstić information content (AvgIpc) is 2.80. The van der Waals surface area contributed by atoms with Gasteiger partial charge in [-0.05, 0) is 37.0 Å². The first kappa shape index (κ1) is 17.2. The molecule has 0 amide bonds. The van der Waals surface area contributed by atoms with Crippen molar-refractivity contribution in [1.82, 2.24) is 4.72 Å². The summed E-state index contributed by atoms with van der Waals surface area (Å²) in [5.41, 5.74) is -1.30. The van der Waals surface area contributed by atoms with E-state index in [0.717, 1.165) is 0 Å². The van der Waals surface area contributed by atoms with Crippen molar-refractivity contribution in [3.8, 4) is 0 Å². The molecule has 1 aromatic carbocycles. The second-order valence-corrected chi connectivity index (χ2v) is 7.88. The van der Waals surface area contributed by atoms with Crippen LogP contribution < -0.4 is 4.72 Å². The van der Waals surface area contributed by atoms with Crippen molar-refractivity contribution in [1.29, 1.82) is 0 Å². The number of carboxylic acids is 1. The lowest BCUT2D eigenvalue weighted by molar-refractivity contribution is -0.141. The van der Waals surface area contributed by atoms with Crippen LogP contribution in [-0.4, -0.2) is 31.7 Å². The second kappa shape index (κ2) is 6.52. The highest BCUT2D eigenvalue weighted by Crippen LogP contribution is 2.37. The first-order valence-electron chi connectivity index (χ1n) is 6.83. The van der Waals surface area contributed by atoms with Gasteiger partial charge in [0.15, 0.2) is 0 Å². The topological polar surface area (TPSA) is 83.5 Å². The monoisotopic (exact) mass is 349 g/mol. The van der Waals surface area contributed by atoms with E-state index in [1.807, 2.05) is 0 Å². The van der Waals surface area contributed by atoms with Crippen molar-refractivity contribution in [3.05, 3.63) is 34.9 Å². The Hall–Kier alpha value is -1.18. The van der Waals surface area contributed by atoms with Crippen LogP contribution in [0.4, 0.5) is 4.39 Å². The molecule has 0 saturated heterocycles. The maximum atomic E-state index is 14.4. The van der Waals surface area contributed by atoms with E-state index >= 15 is 0 Å². The van der Waals surface area contributed by atoms with E-state index in [1.165, 1.54) is 6.07 Å². The molecule has 0 unspecified atom stereocenters. The lowest BCUT2D eigenvalue weighted by Gasteiger charge is -2.19. The molecule has 0 heterocycles. The van der Waals surface area contributed by atoms with Crippen LogP contribution in [0.25, 0.3) is 0 Å². The maximum Gasteiger partial charge on any atom is 0.306 e. The minimum absolute atomic E-state index is 0.0453. The Morgan fingerprint density at radius 1 is 1.50 bits per heavy atom. The largest absolute Gasteiger partial charge is 0.481 e. The molecule has 1 fully saturated rings. The molecule has 122 valence electrons. The third-order valence-corrected chi connectivity index (χ3v) is 5.29. The molecular formula is C14H17ClFNO4S. The zero-order chi connectivity index (χ0) is 16.4. The summed E-state index contributed by atoms with van der Waals surface area (Å²) in [5, 5.41) is 9.30. The number of nitrogens with one attached hydrogen (secondary N) is 1. The van der Waals surface area contributed by atoms with Gasteiger partial charge in [-0.25, -0.2) is 17.5 Å². The van der Waals surface area contributed by atoms with Gasteiger partial charge in [0.1, 0.15) is 5.67 Å². The number of sulfonamides is 1. The van der Waals surface area contributed by atoms with E-state index in [-0.39, 0.29) is 25.0 Å². The van der Waals surface area contributed by atoms with Crippen LogP contribution in [0.5, 0.6) is 0 Å². The zero-order valence-electron chi connectivity index (χ0n) is 11.8. The van der Waals surface area contributed by atoms with Gasteiger partial charge in [-0.1, -0.05) is 23.7 Å². The molecule has 1 aromatic rings. The summed E-state index contributed by atoms with van der Waals surface area (Å²) >= 11 is 5.79. The zero-order valence-corrected chi connectivity index (χ0v) is 13.3. The molecule has 0 aliphatic heterocycles. The number of halogens is 2. The third-order valence-electron chi connectivity index (χ3n) is 3.76. The summed E-state index contributed by atoms with van der Waals surface area (Å²) < 4.78 is 40.7. The van der Waals surface area contributed by atoms with Gasteiger partial charge in [-0.3, -0.25) is 4.79 Å². The number of hydrogen-bond acceptors (Lipinski definition) is 3. The van der Waals surface area contributed by atoms with E-state index < -0.39 is 34.1 Å². The molecule has 0 bridgehead atoms. The lowest BCUT2D eigenvalue weighted by atomic mass is 10.0. The van der Waals surface area contributed by atoms with E-state index in [1.54, 1.807) is 18.2 Å². The molecule has 8 heteroatoms. The first-order chi connectivity index (χ1) is 10.2. The predicted molar refractivity (Wildman–Crippen MR) is 80.9 cm³/mol. The van der Waals surface area contributed by atoms with Crippen molar-refractivity contribution >= 4 is 27.6 Å². The summed E-state index contributed by atoms with van der Waals surface area (Å²) in [6.45, 7) is -0.403. The van der Waals surface area contributed by atoms with Crippen molar-refractivity contribution < 1.29 is 22.7 Å². The predicted octanol–water partition coefficient (Wildman–Crippen LogP) is 2.35. The minimum Gasteiger partial charge on any atom is -0.481 e. The summed E-state index contributed by atoms with van der Waals surface area (Å²) in [7, 11) is -3.71. The molecule has 1 aliphatic carbocycles. The first-order valence-corrected chi connectivity index (χ1v) is 8.86. The third kappa shape index (κ3) is 4.66. The van der Waals surface area contributed by atoms with Crippen molar-refractivity contribution in [2.45, 2.75) is 30.7 Å². The van der Waals surface area contributed by atoms with Gasteiger partial charge in [0.2, 0.25) is 10.0 Å². The number of aliphatic carboxylic acids is 1. The van der Waals surface area contributed by atoms with E-state index in [0.29, 0.717) is 10.6 Å². The Kier molecular flexibility index (Phi) is 5.09. The number of carbonyl (C=O) groups is 1. The quantitative estimate of drug-likeness (QED) is 0.825. The van der Waals surface area contributed by atoms with Gasteiger partial charge in [0, 0.05) is 11.6 Å². The van der Waals surface area contributed by atoms with Crippen LogP contribution in [0.1, 0.15) is 24.8 Å². The molecule has 0 radical (unpaired) electrons. The normalized spacial score (nSPS) is 25.3. The Morgan fingerprint density at radius 2 is 2.23 bits per heavy atom. The summed E-state index contributed by atoms with van der Waals surface area (Å²) in [5.74, 6) is -2.09. The minimum atomic E-state index is -3.71. The summed E-state index contributed by atoms with van der Waals surface area (Å²) in [4.78, 5) is 10.8. The second-order valence-electron chi connectivity index (χ2n) is 5.64. The number of carboxylic acid groups (broad SMARTS) is 1. The number of alkyl halides is 1. The highest BCUT2D eigenvalue weighted by molar-refractivity contribution is 7.88. The van der Waals surface area contributed by atoms with Gasteiger partial charge in [0.05, 0.1) is 11.7 Å². The van der Waals surface area contributed by atoms with Gasteiger partial charge < -0.3 is 5.11 Å². The molecule has 2 rings (SSSR count). The van der Waals surface area contributed by atoms with Gasteiger partial charge in [-0.15, -0.1) is 0 Å². The Morgan fingerprint density at radius 3 is 2.82 bits per heavy atom. The van der Waals surface area contributed by atoms with E-state index in [4.69, 9.17) is 16.7 Å². The van der Waals surface area contributed by atoms with Crippen LogP contribution in [0.2, 0.25) is 5.02 Å². The fraction of sp³-hybridized carbons (Fsp3) is 0.500. The molecule has 2 N–H and O–H groups in total. The molecule has 5 nitrogen and oxygen atoms in total. The highest BCUT2D eigenvalue weighted by atomic mass is 35.5. The van der Waals surface area contributed by atoms with Crippen LogP contribution in [0.15, 0.2) is 24.3 Å². The molecule has 22 heavy (non-hydrogen) atoms. The molecular weight excluding hydrogens is 333 g/mol. The van der Waals surface area contributed by atoms with Crippen LogP contribution in [0, 0.1) is 5.92 Å². The van der Waals surface area contributed by atoms with Crippen molar-refractivity contribution in [3.63, 3.8) is 0 Å². The molecule has 0 spiro atoms. The standard InChI is InChI=1S/C14H17ClFNO4S/c15-12-3-1-2-10(6-12)8-22(20,21)17-9-14(16)5-4-11(7-14)13(18)19/h1-3,6,11,17H,4-5,7-9H2,(H,18,19)/t11-,14-/m1/s1. The fourth-order valence-corrected chi connectivity index (χ4v) is 4.00. The fourth-order valence-electron chi connectivity index (χ4n) is 2.59. The molecule has 1 aliphatic rings. The Bertz CT molecular complexity index is 667. The van der Waals surface area contributed by atoms with Gasteiger partial charge >= 0.3 is 5.97 Å². The summed E-state index contributed by atoms with van der Waals surface area (Å²) in [6, 6.07) is 6.42. The highest BCUT2D eigenvalue weighted by Gasteiger charge is 2.42. The van der Waals surface area contributed by atoms with Gasteiger partial charge in [-0.2, -0.15) is 0 Å².